The van der Waals surface area contributed by atoms with Crippen LogP contribution in [0.15, 0.2) is 63.1 Å². The summed E-state index contributed by atoms with van der Waals surface area (Å²) in [6.07, 6.45) is 0. The molecule has 17 heavy (non-hydrogen) atoms. The summed E-state index contributed by atoms with van der Waals surface area (Å²) in [7, 11) is 0. The molecule has 0 unspecified atom stereocenters. The van der Waals surface area contributed by atoms with E-state index in [2.05, 4.69) is 4.98 Å². The number of hydrogen-bond donors (Lipinski definition) is 1. The molecule has 0 aliphatic carbocycles. The number of hydrogen-bond acceptors (Lipinski definition) is 4. The number of aromatic nitrogens is 1. The first kappa shape index (κ1) is 10.2. The summed E-state index contributed by atoms with van der Waals surface area (Å²) in [6.45, 7) is 0. The second-order valence-electron chi connectivity index (χ2n) is 3.59. The van der Waals surface area contributed by atoms with Crippen LogP contribution in [0.3, 0.4) is 0 Å². The van der Waals surface area contributed by atoms with Crippen molar-refractivity contribution in [3.63, 3.8) is 0 Å². The molecule has 0 aliphatic heterocycles. The summed E-state index contributed by atoms with van der Waals surface area (Å²) < 4.78 is 5.62. The maximum absolute atomic E-state index is 5.87. The monoisotopic (exact) mass is 242 g/mol. The molecule has 0 radical (unpaired) electrons. The van der Waals surface area contributed by atoms with Crippen molar-refractivity contribution in [2.45, 2.75) is 10.1 Å². The first-order valence-electron chi connectivity index (χ1n) is 5.21. The average molecular weight is 242 g/mol. The van der Waals surface area contributed by atoms with Crippen molar-refractivity contribution in [3.05, 3.63) is 48.5 Å². The maximum atomic E-state index is 5.87. The molecular weight excluding hydrogens is 232 g/mol. The summed E-state index contributed by atoms with van der Waals surface area (Å²) in [5, 5.41) is 0.615. The van der Waals surface area contributed by atoms with Gasteiger partial charge in [-0.25, -0.2) is 4.98 Å². The van der Waals surface area contributed by atoms with Gasteiger partial charge in [-0.2, -0.15) is 0 Å². The van der Waals surface area contributed by atoms with Gasteiger partial charge in [0.2, 0.25) is 0 Å². The maximum Gasteiger partial charge on any atom is 0.261 e. The largest absolute Gasteiger partial charge is 0.431 e. The van der Waals surface area contributed by atoms with E-state index >= 15 is 0 Å². The molecule has 0 bridgehead atoms. The van der Waals surface area contributed by atoms with Gasteiger partial charge in [0, 0.05) is 10.6 Å². The van der Waals surface area contributed by atoms with Gasteiger partial charge < -0.3 is 10.2 Å². The highest BCUT2D eigenvalue weighted by Gasteiger charge is 2.08. The number of nitrogens with two attached hydrogens (primary N) is 1. The highest BCUT2D eigenvalue weighted by atomic mass is 32.2. The van der Waals surface area contributed by atoms with Gasteiger partial charge in [-0.1, -0.05) is 24.3 Å². The van der Waals surface area contributed by atoms with E-state index in [9.17, 15) is 0 Å². The Hall–Kier alpha value is -1.94. The lowest BCUT2D eigenvalue weighted by atomic mass is 10.3. The SMILES string of the molecule is Nc1ccccc1Sc1nc2ccccc2o1. The minimum atomic E-state index is 0.615. The molecule has 0 fully saturated rings. The van der Waals surface area contributed by atoms with Gasteiger partial charge >= 0.3 is 0 Å². The van der Waals surface area contributed by atoms with Gasteiger partial charge in [-0.05, 0) is 36.0 Å². The average Bonchev–Trinajstić information content (AvgIpc) is 2.74. The number of benzene rings is 2. The van der Waals surface area contributed by atoms with E-state index in [1.807, 2.05) is 48.5 Å². The Morgan fingerprint density at radius 1 is 1.00 bits per heavy atom. The number of oxazole rings is 1. The van der Waals surface area contributed by atoms with Crippen LogP contribution in [0.25, 0.3) is 11.1 Å². The fourth-order valence-corrected chi connectivity index (χ4v) is 2.36. The molecule has 1 aromatic heterocycles. The highest BCUT2D eigenvalue weighted by molar-refractivity contribution is 7.99. The van der Waals surface area contributed by atoms with Gasteiger partial charge in [0.15, 0.2) is 5.58 Å². The van der Waals surface area contributed by atoms with Crippen LogP contribution in [0.2, 0.25) is 0 Å². The third-order valence-electron chi connectivity index (χ3n) is 2.39. The zero-order valence-electron chi connectivity index (χ0n) is 8.96. The smallest absolute Gasteiger partial charge is 0.261 e. The van der Waals surface area contributed by atoms with Crippen LogP contribution < -0.4 is 5.73 Å². The van der Waals surface area contributed by atoms with Crippen LogP contribution in [-0.4, -0.2) is 4.98 Å². The van der Waals surface area contributed by atoms with Crippen molar-refractivity contribution in [1.82, 2.24) is 4.98 Å². The molecule has 2 aromatic carbocycles. The third kappa shape index (κ3) is 1.99. The Morgan fingerprint density at radius 2 is 1.76 bits per heavy atom. The van der Waals surface area contributed by atoms with E-state index in [0.29, 0.717) is 5.22 Å². The molecule has 0 aliphatic rings. The molecule has 2 N–H and O–H groups in total. The van der Waals surface area contributed by atoms with E-state index < -0.39 is 0 Å². The lowest BCUT2D eigenvalue weighted by Crippen LogP contribution is -1.86. The summed E-state index contributed by atoms with van der Waals surface area (Å²) in [6, 6.07) is 15.4. The van der Waals surface area contributed by atoms with E-state index in [0.717, 1.165) is 21.7 Å². The molecule has 3 aromatic rings. The second kappa shape index (κ2) is 4.14. The van der Waals surface area contributed by atoms with Crippen molar-refractivity contribution in [2.75, 3.05) is 5.73 Å². The second-order valence-corrected chi connectivity index (χ2v) is 4.58. The van der Waals surface area contributed by atoms with Crippen LogP contribution in [0, 0.1) is 0 Å². The molecule has 84 valence electrons. The van der Waals surface area contributed by atoms with E-state index in [1.54, 1.807) is 0 Å². The van der Waals surface area contributed by atoms with Crippen LogP contribution in [0.5, 0.6) is 0 Å². The molecule has 1 heterocycles. The fourth-order valence-electron chi connectivity index (χ4n) is 1.56. The van der Waals surface area contributed by atoms with Crippen LogP contribution >= 0.6 is 11.8 Å². The highest BCUT2D eigenvalue weighted by Crippen LogP contribution is 2.32. The lowest BCUT2D eigenvalue weighted by Gasteiger charge is -2.00. The van der Waals surface area contributed by atoms with Crippen molar-refractivity contribution in [3.8, 4) is 0 Å². The number of fused-ring (bicyclic) bond motifs is 1. The molecular formula is C13H10N2OS. The van der Waals surface area contributed by atoms with Crippen molar-refractivity contribution in [1.29, 1.82) is 0 Å². The lowest BCUT2D eigenvalue weighted by molar-refractivity contribution is 0.489. The Bertz CT molecular complexity index is 630. The third-order valence-corrected chi connectivity index (χ3v) is 3.33. The quantitative estimate of drug-likeness (QED) is 0.698. The molecule has 3 rings (SSSR count). The summed E-state index contributed by atoms with van der Waals surface area (Å²) in [5.41, 5.74) is 8.27. The van der Waals surface area contributed by atoms with Gasteiger partial charge in [0.25, 0.3) is 5.22 Å². The molecule has 0 saturated heterocycles. The Labute approximate surface area is 103 Å². The number of para-hydroxylation sites is 3. The molecule has 3 nitrogen and oxygen atoms in total. The predicted octanol–water partition coefficient (Wildman–Crippen LogP) is 3.56. The number of nitrogen functional groups attached to an aromatic ring is 1. The Balaban J connectivity index is 1.98. The minimum Gasteiger partial charge on any atom is -0.431 e. The molecule has 0 atom stereocenters. The number of anilines is 1. The molecule has 0 amide bonds. The predicted molar refractivity (Wildman–Crippen MR) is 69.0 cm³/mol. The summed E-state index contributed by atoms with van der Waals surface area (Å²) >= 11 is 1.44. The van der Waals surface area contributed by atoms with Crippen molar-refractivity contribution < 1.29 is 4.42 Å². The minimum absolute atomic E-state index is 0.615. The summed E-state index contributed by atoms with van der Waals surface area (Å²) in [5.74, 6) is 0. The van der Waals surface area contributed by atoms with Gasteiger partial charge in [0.05, 0.1) is 0 Å². The van der Waals surface area contributed by atoms with Crippen molar-refractivity contribution in [2.24, 2.45) is 0 Å². The normalized spacial score (nSPS) is 10.8. The Morgan fingerprint density at radius 3 is 2.59 bits per heavy atom. The number of nitrogens with zero attached hydrogens (tertiary/aromatic N) is 1. The van der Waals surface area contributed by atoms with Crippen LogP contribution in [-0.2, 0) is 0 Å². The standard InChI is InChI=1S/C13H10N2OS/c14-9-5-1-4-8-12(9)17-13-15-10-6-2-3-7-11(10)16-13/h1-8H,14H2. The van der Waals surface area contributed by atoms with Crippen LogP contribution in [0.4, 0.5) is 5.69 Å². The van der Waals surface area contributed by atoms with Crippen molar-refractivity contribution >= 4 is 28.5 Å². The first-order chi connectivity index (χ1) is 8.33. The van der Waals surface area contributed by atoms with E-state index in [1.165, 1.54) is 11.8 Å². The zero-order chi connectivity index (χ0) is 11.7. The molecule has 4 heteroatoms. The molecule has 0 spiro atoms. The zero-order valence-corrected chi connectivity index (χ0v) is 9.78. The fraction of sp³-hybridized carbons (Fsp3) is 0. The van der Waals surface area contributed by atoms with E-state index in [-0.39, 0.29) is 0 Å². The topological polar surface area (TPSA) is 52.0 Å². The van der Waals surface area contributed by atoms with E-state index in [4.69, 9.17) is 10.2 Å². The van der Waals surface area contributed by atoms with Gasteiger partial charge in [-0.3, -0.25) is 0 Å². The summed E-state index contributed by atoms with van der Waals surface area (Å²) in [4.78, 5) is 5.35. The van der Waals surface area contributed by atoms with Crippen LogP contribution in [0.1, 0.15) is 0 Å². The number of rotatable bonds is 2. The first-order valence-corrected chi connectivity index (χ1v) is 6.02. The molecule has 0 saturated carbocycles. The Kier molecular flexibility index (Phi) is 2.49. The van der Waals surface area contributed by atoms with Gasteiger partial charge in [-0.15, -0.1) is 0 Å². The van der Waals surface area contributed by atoms with Gasteiger partial charge in [0.1, 0.15) is 5.52 Å².